The Morgan fingerprint density at radius 3 is 2.64 bits per heavy atom. The number of hydrogen-bond acceptors (Lipinski definition) is 4. The SMILES string of the molecule is O=C(c1cc(=O)[nH]c2ccccc12)N1CC(Oc2cccc(C(F)(F)F)n2)C1. The Balaban J connectivity index is 1.46. The first-order chi connectivity index (χ1) is 13.3. The molecule has 0 unspecified atom stereocenters. The Morgan fingerprint density at radius 2 is 1.89 bits per heavy atom. The minimum absolute atomic E-state index is 0.145. The molecule has 0 spiro atoms. The van der Waals surface area contributed by atoms with Crippen molar-refractivity contribution in [1.82, 2.24) is 14.9 Å². The van der Waals surface area contributed by atoms with Crippen molar-refractivity contribution in [2.24, 2.45) is 0 Å². The first-order valence-electron chi connectivity index (χ1n) is 8.43. The Bertz CT molecular complexity index is 1100. The fourth-order valence-corrected chi connectivity index (χ4v) is 3.04. The molecule has 0 aliphatic carbocycles. The molecule has 6 nitrogen and oxygen atoms in total. The molecule has 0 radical (unpaired) electrons. The number of likely N-dealkylation sites (tertiary alicyclic amines) is 1. The van der Waals surface area contributed by atoms with E-state index in [2.05, 4.69) is 9.97 Å². The van der Waals surface area contributed by atoms with Crippen LogP contribution in [-0.4, -0.2) is 40.0 Å². The number of benzene rings is 1. The largest absolute Gasteiger partial charge is 0.471 e. The highest BCUT2D eigenvalue weighted by Crippen LogP contribution is 2.29. The second kappa shape index (κ2) is 6.66. The maximum Gasteiger partial charge on any atom is 0.433 e. The van der Waals surface area contributed by atoms with Crippen LogP contribution < -0.4 is 10.3 Å². The molecule has 0 bridgehead atoms. The van der Waals surface area contributed by atoms with E-state index in [1.807, 2.05) is 0 Å². The van der Waals surface area contributed by atoms with E-state index >= 15 is 0 Å². The first kappa shape index (κ1) is 18.0. The summed E-state index contributed by atoms with van der Waals surface area (Å²) in [5.41, 5.74) is -0.592. The average Bonchev–Trinajstić information content (AvgIpc) is 2.62. The number of pyridine rings is 2. The molecule has 0 atom stereocenters. The Morgan fingerprint density at radius 1 is 1.14 bits per heavy atom. The summed E-state index contributed by atoms with van der Waals surface area (Å²) >= 11 is 0. The highest BCUT2D eigenvalue weighted by molar-refractivity contribution is 6.06. The standard InChI is InChI=1S/C19H14F3N3O3/c20-19(21,22)15-6-3-7-17(24-15)28-11-9-25(10-11)18(27)13-8-16(26)23-14-5-2-1-4-12(13)14/h1-8,11H,9-10H2,(H,23,26). The number of ether oxygens (including phenoxy) is 1. The maximum atomic E-state index is 12.7. The summed E-state index contributed by atoms with van der Waals surface area (Å²) in [7, 11) is 0. The molecule has 144 valence electrons. The van der Waals surface area contributed by atoms with Crippen LogP contribution in [0.1, 0.15) is 16.1 Å². The molecule has 1 amide bonds. The Hall–Kier alpha value is -3.36. The van der Waals surface area contributed by atoms with Crippen molar-refractivity contribution in [2.75, 3.05) is 13.1 Å². The Kier molecular flexibility index (Phi) is 4.29. The van der Waals surface area contributed by atoms with E-state index in [-0.39, 0.29) is 36.0 Å². The van der Waals surface area contributed by atoms with Crippen molar-refractivity contribution in [3.63, 3.8) is 0 Å². The van der Waals surface area contributed by atoms with Crippen LogP contribution in [0.5, 0.6) is 5.88 Å². The summed E-state index contributed by atoms with van der Waals surface area (Å²) in [4.78, 5) is 32.1. The summed E-state index contributed by atoms with van der Waals surface area (Å²) < 4.78 is 43.6. The number of para-hydroxylation sites is 1. The highest BCUT2D eigenvalue weighted by Gasteiger charge is 2.35. The second-order valence-electron chi connectivity index (χ2n) is 6.40. The lowest BCUT2D eigenvalue weighted by molar-refractivity contribution is -0.141. The molecule has 9 heteroatoms. The van der Waals surface area contributed by atoms with E-state index < -0.39 is 18.0 Å². The van der Waals surface area contributed by atoms with Crippen molar-refractivity contribution < 1.29 is 22.7 Å². The van der Waals surface area contributed by atoms with Crippen molar-refractivity contribution >= 4 is 16.8 Å². The number of H-pyrrole nitrogens is 1. The second-order valence-corrected chi connectivity index (χ2v) is 6.40. The normalized spacial score (nSPS) is 14.8. The summed E-state index contributed by atoms with van der Waals surface area (Å²) in [6.07, 6.45) is -5.02. The molecule has 1 N–H and O–H groups in total. The van der Waals surface area contributed by atoms with Gasteiger partial charge in [0.1, 0.15) is 11.8 Å². The predicted molar refractivity (Wildman–Crippen MR) is 94.1 cm³/mol. The number of carbonyl (C=O) groups is 1. The van der Waals surface area contributed by atoms with Gasteiger partial charge in [0.05, 0.1) is 18.7 Å². The van der Waals surface area contributed by atoms with E-state index in [1.54, 1.807) is 24.3 Å². The van der Waals surface area contributed by atoms with Gasteiger partial charge in [0, 0.05) is 23.0 Å². The molecular weight excluding hydrogens is 375 g/mol. The molecule has 1 saturated heterocycles. The summed E-state index contributed by atoms with van der Waals surface area (Å²) in [6, 6.07) is 11.6. The van der Waals surface area contributed by atoms with Gasteiger partial charge >= 0.3 is 6.18 Å². The number of carbonyl (C=O) groups excluding carboxylic acids is 1. The Labute approximate surface area is 156 Å². The molecule has 28 heavy (non-hydrogen) atoms. The van der Waals surface area contributed by atoms with E-state index in [0.29, 0.717) is 10.9 Å². The van der Waals surface area contributed by atoms with Gasteiger partial charge in [-0.3, -0.25) is 9.59 Å². The number of aromatic nitrogens is 2. The van der Waals surface area contributed by atoms with E-state index in [0.717, 1.165) is 6.07 Å². The van der Waals surface area contributed by atoms with Crippen LogP contribution in [0.2, 0.25) is 0 Å². The highest BCUT2D eigenvalue weighted by atomic mass is 19.4. The zero-order valence-corrected chi connectivity index (χ0v) is 14.4. The third-order valence-electron chi connectivity index (χ3n) is 4.42. The summed E-state index contributed by atoms with van der Waals surface area (Å²) in [6.45, 7) is 0.385. The van der Waals surface area contributed by atoms with Crippen LogP contribution >= 0.6 is 0 Å². The molecule has 1 aliphatic heterocycles. The van der Waals surface area contributed by atoms with E-state index in [4.69, 9.17) is 4.74 Å². The topological polar surface area (TPSA) is 75.3 Å². The van der Waals surface area contributed by atoms with Crippen molar-refractivity contribution in [1.29, 1.82) is 0 Å². The number of aromatic amines is 1. The molecule has 3 aromatic rings. The number of hydrogen-bond donors (Lipinski definition) is 1. The lowest BCUT2D eigenvalue weighted by atomic mass is 10.0. The molecule has 1 aliphatic rings. The van der Waals surface area contributed by atoms with Gasteiger partial charge in [0.25, 0.3) is 5.91 Å². The van der Waals surface area contributed by atoms with E-state index in [1.165, 1.54) is 23.1 Å². The van der Waals surface area contributed by atoms with Crippen molar-refractivity contribution in [3.05, 3.63) is 70.1 Å². The van der Waals surface area contributed by atoms with Gasteiger partial charge in [0.15, 0.2) is 0 Å². The van der Waals surface area contributed by atoms with Crippen LogP contribution in [0.3, 0.4) is 0 Å². The van der Waals surface area contributed by atoms with Gasteiger partial charge in [-0.15, -0.1) is 0 Å². The van der Waals surface area contributed by atoms with Crippen LogP contribution in [0.15, 0.2) is 53.3 Å². The minimum atomic E-state index is -4.55. The number of rotatable bonds is 3. The third-order valence-corrected chi connectivity index (χ3v) is 4.42. The lowest BCUT2D eigenvalue weighted by Gasteiger charge is -2.38. The molecule has 2 aromatic heterocycles. The molecule has 1 fully saturated rings. The first-order valence-corrected chi connectivity index (χ1v) is 8.43. The number of fused-ring (bicyclic) bond motifs is 1. The van der Waals surface area contributed by atoms with Crippen LogP contribution in [0, 0.1) is 0 Å². The van der Waals surface area contributed by atoms with Gasteiger partial charge in [-0.1, -0.05) is 24.3 Å². The lowest BCUT2D eigenvalue weighted by Crippen LogP contribution is -2.56. The van der Waals surface area contributed by atoms with Crippen LogP contribution in [0.25, 0.3) is 10.9 Å². The third kappa shape index (κ3) is 3.42. The van der Waals surface area contributed by atoms with Crippen LogP contribution in [0.4, 0.5) is 13.2 Å². The summed E-state index contributed by atoms with van der Waals surface area (Å²) in [5, 5.41) is 0.621. The van der Waals surface area contributed by atoms with Crippen LogP contribution in [-0.2, 0) is 6.18 Å². The van der Waals surface area contributed by atoms with Gasteiger partial charge in [0.2, 0.25) is 11.4 Å². The fraction of sp³-hybridized carbons (Fsp3) is 0.211. The zero-order chi connectivity index (χ0) is 19.9. The molecule has 0 saturated carbocycles. The van der Waals surface area contributed by atoms with Gasteiger partial charge in [-0.25, -0.2) is 4.98 Å². The number of nitrogens with zero attached hydrogens (tertiary/aromatic N) is 2. The fourth-order valence-electron chi connectivity index (χ4n) is 3.04. The number of amides is 1. The zero-order valence-electron chi connectivity index (χ0n) is 14.4. The van der Waals surface area contributed by atoms with Crippen molar-refractivity contribution in [3.8, 4) is 5.88 Å². The maximum absolute atomic E-state index is 12.7. The van der Waals surface area contributed by atoms with E-state index in [9.17, 15) is 22.8 Å². The van der Waals surface area contributed by atoms with Gasteiger partial charge in [-0.05, 0) is 12.1 Å². The molecular formula is C19H14F3N3O3. The average molecular weight is 389 g/mol. The predicted octanol–water partition coefficient (Wildman–Crippen LogP) is 2.85. The monoisotopic (exact) mass is 389 g/mol. The minimum Gasteiger partial charge on any atom is -0.471 e. The van der Waals surface area contributed by atoms with Crippen molar-refractivity contribution in [2.45, 2.75) is 12.3 Å². The molecule has 1 aromatic carbocycles. The smallest absolute Gasteiger partial charge is 0.433 e. The van der Waals surface area contributed by atoms with Gasteiger partial charge in [-0.2, -0.15) is 13.2 Å². The quantitative estimate of drug-likeness (QED) is 0.748. The molecule has 3 heterocycles. The number of halogens is 3. The van der Waals surface area contributed by atoms with Gasteiger partial charge < -0.3 is 14.6 Å². The summed E-state index contributed by atoms with van der Waals surface area (Å²) in [5.74, 6) is -0.479. The number of alkyl halides is 3. The molecule has 4 rings (SSSR count). The number of nitrogens with one attached hydrogen (secondary N) is 1.